The average Bonchev–Trinajstić information content (AvgIpc) is 3.59. The van der Waals surface area contributed by atoms with Crippen LogP contribution in [0.3, 0.4) is 0 Å². The van der Waals surface area contributed by atoms with Crippen LogP contribution < -0.4 is 19.3 Å². The van der Waals surface area contributed by atoms with Gasteiger partial charge in [0.25, 0.3) is 0 Å². The van der Waals surface area contributed by atoms with Crippen molar-refractivity contribution >= 4 is 46.7 Å². The van der Waals surface area contributed by atoms with Crippen molar-refractivity contribution in [2.75, 3.05) is 23.5 Å². The zero-order valence-corrected chi connectivity index (χ0v) is 21.3. The molecule has 2 heterocycles. The summed E-state index contributed by atoms with van der Waals surface area (Å²) in [6.07, 6.45) is 5.42. The fourth-order valence-corrected chi connectivity index (χ4v) is 7.21. The van der Waals surface area contributed by atoms with Crippen LogP contribution in [0.2, 0.25) is 5.02 Å². The number of anilines is 2. The van der Waals surface area contributed by atoms with Gasteiger partial charge in [-0.1, -0.05) is 23.8 Å². The van der Waals surface area contributed by atoms with Crippen molar-refractivity contribution in [2.45, 2.75) is 12.8 Å². The van der Waals surface area contributed by atoms with Gasteiger partial charge in [0.1, 0.15) is 11.5 Å². The fourth-order valence-electron chi connectivity index (χ4n) is 7.05. The molecule has 194 valence electrons. The molecule has 0 spiro atoms. The van der Waals surface area contributed by atoms with Crippen molar-refractivity contribution in [3.05, 3.63) is 59.6 Å². The Morgan fingerprint density at radius 3 is 2.24 bits per heavy atom. The van der Waals surface area contributed by atoms with Crippen LogP contribution in [0, 0.1) is 41.4 Å². The van der Waals surface area contributed by atoms with Crippen LogP contribution >= 0.6 is 11.6 Å². The van der Waals surface area contributed by atoms with Crippen LogP contribution in [0.4, 0.5) is 11.4 Å². The van der Waals surface area contributed by atoms with E-state index in [-0.39, 0.29) is 60.1 Å². The number of amides is 3. The summed E-state index contributed by atoms with van der Waals surface area (Å²) in [4.78, 5) is 55.0. The topological polar surface area (TPSA) is 93.2 Å². The number of rotatable bonds is 5. The molecule has 8 rings (SSSR count). The fraction of sp³-hybridized carbons (Fsp3) is 0.379. The second-order valence-electron chi connectivity index (χ2n) is 10.8. The molecule has 4 aliphatic carbocycles. The van der Waals surface area contributed by atoms with Gasteiger partial charge in [-0.3, -0.25) is 24.1 Å². The van der Waals surface area contributed by atoms with Gasteiger partial charge in [-0.05, 0) is 72.6 Å². The van der Waals surface area contributed by atoms with Crippen molar-refractivity contribution in [3.63, 3.8) is 0 Å². The van der Waals surface area contributed by atoms with E-state index in [0.29, 0.717) is 34.0 Å². The highest BCUT2D eigenvalue weighted by Crippen LogP contribution is 2.65. The van der Waals surface area contributed by atoms with E-state index in [1.807, 2.05) is 0 Å². The number of hydrogen-bond acceptors (Lipinski definition) is 6. The lowest BCUT2D eigenvalue weighted by Gasteiger charge is -2.37. The Morgan fingerprint density at radius 1 is 0.947 bits per heavy atom. The van der Waals surface area contributed by atoms with Gasteiger partial charge < -0.3 is 14.4 Å². The lowest BCUT2D eigenvalue weighted by Crippen LogP contribution is -2.40. The van der Waals surface area contributed by atoms with Crippen LogP contribution in [0.1, 0.15) is 12.8 Å². The number of esters is 1. The molecule has 38 heavy (non-hydrogen) atoms. The zero-order valence-electron chi connectivity index (χ0n) is 20.6. The number of methoxy groups -OCH3 is 1. The molecule has 3 amide bonds. The highest BCUT2D eigenvalue weighted by Gasteiger charge is 2.67. The molecule has 2 aromatic rings. The molecule has 6 aliphatic rings. The highest BCUT2D eigenvalue weighted by atomic mass is 35.5. The molecule has 7 atom stereocenters. The number of nitrogens with zero attached hydrogens (tertiary/aromatic N) is 2. The van der Waals surface area contributed by atoms with Crippen LogP contribution in [0.25, 0.3) is 0 Å². The predicted molar refractivity (Wildman–Crippen MR) is 138 cm³/mol. The Bertz CT molecular complexity index is 1380. The Morgan fingerprint density at radius 2 is 1.61 bits per heavy atom. The molecule has 9 heteroatoms. The van der Waals surface area contributed by atoms with Gasteiger partial charge in [0.15, 0.2) is 0 Å². The molecule has 4 fully saturated rings. The Labute approximate surface area is 224 Å². The molecule has 2 saturated heterocycles. The minimum absolute atomic E-state index is 0.00446. The maximum absolute atomic E-state index is 13.3. The first kappa shape index (κ1) is 23.5. The Hall–Kier alpha value is -3.65. The number of allylic oxidation sites excluding steroid dienone is 2. The van der Waals surface area contributed by atoms with Gasteiger partial charge in [-0.2, -0.15) is 0 Å². The molecular formula is C29H25ClN2O6. The maximum atomic E-state index is 13.3. The molecule has 0 radical (unpaired) electrons. The van der Waals surface area contributed by atoms with E-state index < -0.39 is 11.9 Å². The number of carbonyl (C=O) groups is 4. The molecule has 0 N–H and O–H groups in total. The lowest BCUT2D eigenvalue weighted by molar-refractivity contribution is -0.139. The summed E-state index contributed by atoms with van der Waals surface area (Å²) in [7, 11) is 1.50. The number of imide groups is 1. The van der Waals surface area contributed by atoms with Crippen molar-refractivity contribution in [3.8, 4) is 11.5 Å². The van der Waals surface area contributed by atoms with Crippen LogP contribution in [0.15, 0.2) is 54.6 Å². The highest BCUT2D eigenvalue weighted by molar-refractivity contribution is 6.31. The van der Waals surface area contributed by atoms with Crippen LogP contribution in [-0.4, -0.2) is 37.3 Å². The number of ether oxygens (including phenoxy) is 2. The van der Waals surface area contributed by atoms with E-state index in [1.54, 1.807) is 42.5 Å². The van der Waals surface area contributed by atoms with Crippen LogP contribution in [0.5, 0.6) is 11.5 Å². The summed E-state index contributed by atoms with van der Waals surface area (Å²) in [5, 5.41) is 0.453. The first-order valence-electron chi connectivity index (χ1n) is 12.9. The van der Waals surface area contributed by atoms with E-state index >= 15 is 0 Å². The van der Waals surface area contributed by atoms with Crippen molar-refractivity contribution in [1.82, 2.24) is 0 Å². The summed E-state index contributed by atoms with van der Waals surface area (Å²) in [5.41, 5.74) is 0.989. The van der Waals surface area contributed by atoms with Crippen LogP contribution in [-0.2, 0) is 19.2 Å². The van der Waals surface area contributed by atoms with E-state index in [0.717, 1.165) is 6.42 Å². The lowest BCUT2D eigenvalue weighted by atomic mass is 9.63. The van der Waals surface area contributed by atoms with E-state index in [2.05, 4.69) is 12.2 Å². The molecule has 2 bridgehead atoms. The molecule has 0 unspecified atom stereocenters. The normalized spacial score (nSPS) is 32.5. The maximum Gasteiger partial charge on any atom is 0.316 e. The SMILES string of the molecule is COc1ccc(Cl)cc1N1C[C@H](C(=O)Oc2ccc(N3C(=O)[C@@H]4[C@H]5C=C[C@@H]([C@@H]6C[C@@H]56)[C@@H]4C3=O)cc2)CC1=O. The standard InChI is InChI=1S/C29H25ClN2O6/c1-37-23-9-2-15(30)11-22(23)31-13-14(10-24(31)33)29(36)38-17-5-3-16(4-6-17)32-27(34)25-18-7-8-19(21-12-20(18)21)26(25)28(32)35/h2-9,11,14,18-21,25-26H,10,12-13H2,1H3/t14-,18+,19+,20+,21+,25-,26+/m1/s1. The third-order valence-electron chi connectivity index (χ3n) is 8.87. The molecular weight excluding hydrogens is 508 g/mol. The summed E-state index contributed by atoms with van der Waals surface area (Å²) in [6, 6.07) is 11.4. The van der Waals surface area contributed by atoms with Crippen molar-refractivity contribution in [1.29, 1.82) is 0 Å². The minimum atomic E-state index is -0.662. The average molecular weight is 533 g/mol. The first-order chi connectivity index (χ1) is 18.4. The molecule has 0 aromatic heterocycles. The Kier molecular flexibility index (Phi) is 5.20. The quantitative estimate of drug-likeness (QED) is 0.251. The molecule has 2 saturated carbocycles. The number of halogens is 1. The second-order valence-corrected chi connectivity index (χ2v) is 11.2. The van der Waals surface area contributed by atoms with Gasteiger partial charge in [0.2, 0.25) is 17.7 Å². The van der Waals surface area contributed by atoms with Gasteiger partial charge in [-0.25, -0.2) is 0 Å². The van der Waals surface area contributed by atoms with E-state index in [9.17, 15) is 19.2 Å². The third kappa shape index (κ3) is 3.42. The summed E-state index contributed by atoms with van der Waals surface area (Å²) in [5.74, 6) is -0.0213. The summed E-state index contributed by atoms with van der Waals surface area (Å²) < 4.78 is 10.9. The van der Waals surface area contributed by atoms with Gasteiger partial charge in [0, 0.05) is 18.0 Å². The number of carbonyl (C=O) groups excluding carboxylic acids is 4. The third-order valence-corrected chi connectivity index (χ3v) is 9.10. The van der Waals surface area contributed by atoms with Crippen molar-refractivity contribution in [2.24, 2.45) is 41.4 Å². The smallest absolute Gasteiger partial charge is 0.316 e. The van der Waals surface area contributed by atoms with Gasteiger partial charge in [0.05, 0.1) is 36.2 Å². The minimum Gasteiger partial charge on any atom is -0.495 e. The van der Waals surface area contributed by atoms with Gasteiger partial charge >= 0.3 is 5.97 Å². The van der Waals surface area contributed by atoms with Gasteiger partial charge in [-0.15, -0.1) is 0 Å². The largest absolute Gasteiger partial charge is 0.495 e. The van der Waals surface area contributed by atoms with E-state index in [1.165, 1.54) is 16.9 Å². The summed E-state index contributed by atoms with van der Waals surface area (Å²) in [6.45, 7) is 0.143. The summed E-state index contributed by atoms with van der Waals surface area (Å²) >= 11 is 6.11. The molecule has 8 nitrogen and oxygen atoms in total. The molecule has 2 aliphatic heterocycles. The monoisotopic (exact) mass is 532 g/mol. The predicted octanol–water partition coefficient (Wildman–Crippen LogP) is 3.86. The van der Waals surface area contributed by atoms with E-state index in [4.69, 9.17) is 21.1 Å². The number of benzene rings is 2. The number of hydrogen-bond donors (Lipinski definition) is 0. The second kappa shape index (κ2) is 8.43. The molecule has 2 aromatic carbocycles. The zero-order chi connectivity index (χ0) is 26.3. The van der Waals surface area contributed by atoms with Crippen molar-refractivity contribution < 1.29 is 28.7 Å². The first-order valence-corrected chi connectivity index (χ1v) is 13.3. The Balaban J connectivity index is 1.04.